The van der Waals surface area contributed by atoms with E-state index in [9.17, 15) is 0 Å². The number of rotatable bonds is 5. The van der Waals surface area contributed by atoms with Crippen LogP contribution >= 0.6 is 0 Å². The van der Waals surface area contributed by atoms with Gasteiger partial charge in [-0.05, 0) is 0 Å². The molecule has 0 saturated carbocycles. The molecule has 0 amide bonds. The van der Waals surface area contributed by atoms with Gasteiger partial charge in [0.25, 0.3) is 0 Å². The predicted molar refractivity (Wildman–Crippen MR) is 63.9 cm³/mol. The summed E-state index contributed by atoms with van der Waals surface area (Å²) in [5.41, 5.74) is 0. The minimum atomic E-state index is -0.403. The van der Waals surface area contributed by atoms with Gasteiger partial charge in [0.1, 0.15) is 0 Å². The molecule has 3 radical (unpaired) electrons. The third-order valence-electron chi connectivity index (χ3n) is 2.00. The van der Waals surface area contributed by atoms with Crippen LogP contribution in [0.4, 0.5) is 0 Å². The van der Waals surface area contributed by atoms with Crippen molar-refractivity contribution in [1.82, 2.24) is 0 Å². The topological polar surface area (TPSA) is 0 Å². The Morgan fingerprint density at radius 1 is 0.750 bits per heavy atom. The SMILES string of the molecule is C[CH2][Ge]([CH2]C)[CH2]C.C[CH2][Ge][CH2]C. The molecule has 73 valence electrons. The van der Waals surface area contributed by atoms with Gasteiger partial charge >= 0.3 is 90.7 Å². The molecule has 0 bridgehead atoms. The first-order valence-electron chi connectivity index (χ1n) is 5.30. The summed E-state index contributed by atoms with van der Waals surface area (Å²) in [6.45, 7) is 11.5. The molecule has 0 spiro atoms. The van der Waals surface area contributed by atoms with Crippen molar-refractivity contribution in [2.45, 2.75) is 60.9 Å². The van der Waals surface area contributed by atoms with Gasteiger partial charge in [-0.15, -0.1) is 0 Å². The molecule has 0 nitrogen and oxygen atoms in total. The Labute approximate surface area is 90.5 Å². The van der Waals surface area contributed by atoms with E-state index < -0.39 is 14.3 Å². The van der Waals surface area contributed by atoms with Crippen LogP contribution in [0.15, 0.2) is 0 Å². The van der Waals surface area contributed by atoms with Gasteiger partial charge in [0.15, 0.2) is 0 Å². The molecule has 0 aliphatic rings. The third kappa shape index (κ3) is 13.7. The monoisotopic (exact) mass is 293 g/mol. The van der Waals surface area contributed by atoms with E-state index in [0.717, 1.165) is 0 Å². The second-order valence-electron chi connectivity index (χ2n) is 2.77. The van der Waals surface area contributed by atoms with E-state index in [2.05, 4.69) is 34.6 Å². The molecule has 0 fully saturated rings. The Hall–Kier alpha value is 1.09. The molecule has 0 rings (SSSR count). The zero-order chi connectivity index (χ0) is 9.82. The van der Waals surface area contributed by atoms with Gasteiger partial charge in [-0.3, -0.25) is 0 Å². The molecule has 0 unspecified atom stereocenters. The number of hydrogen-bond donors (Lipinski definition) is 0. The Kier molecular flexibility index (Phi) is 18.9. The molecule has 0 aliphatic heterocycles. The fraction of sp³-hybridized carbons (Fsp3) is 1.00. The molecule has 0 aliphatic carbocycles. The zero-order valence-corrected chi connectivity index (χ0v) is 13.7. The van der Waals surface area contributed by atoms with Gasteiger partial charge in [-0.1, -0.05) is 0 Å². The maximum absolute atomic E-state index is 2.34. The summed E-state index contributed by atoms with van der Waals surface area (Å²) >= 11 is 0.125. The Bertz CT molecular complexity index is 53.3. The van der Waals surface area contributed by atoms with E-state index >= 15 is 0 Å². The van der Waals surface area contributed by atoms with E-state index in [1.807, 2.05) is 0 Å². The standard InChI is InChI=1S/C6H15Ge.C4H10Ge/c1-4-7(5-2)6-3;1-3-5-4-2/h4-6H2,1-3H3;3-4H2,1-2H3. The van der Waals surface area contributed by atoms with E-state index in [4.69, 9.17) is 0 Å². The van der Waals surface area contributed by atoms with Crippen LogP contribution in [0.25, 0.3) is 0 Å². The van der Waals surface area contributed by atoms with Crippen LogP contribution in [0.3, 0.4) is 0 Å². The van der Waals surface area contributed by atoms with E-state index in [1.54, 1.807) is 0 Å². The van der Waals surface area contributed by atoms with Crippen molar-refractivity contribution in [3.05, 3.63) is 0 Å². The summed E-state index contributed by atoms with van der Waals surface area (Å²) < 4.78 is 0. The molecule has 0 aromatic carbocycles. The second-order valence-corrected chi connectivity index (χ2v) is 14.4. The van der Waals surface area contributed by atoms with Crippen LogP contribution in [-0.2, 0) is 0 Å². The molecule has 0 aromatic rings. The third-order valence-corrected chi connectivity index (χ3v) is 10.4. The Balaban J connectivity index is 0. The predicted octanol–water partition coefficient (Wildman–Crippen LogP) is 4.11. The summed E-state index contributed by atoms with van der Waals surface area (Å²) in [6.07, 6.45) is 0. The summed E-state index contributed by atoms with van der Waals surface area (Å²) in [5, 5.41) is 7.50. The van der Waals surface area contributed by atoms with Crippen LogP contribution < -0.4 is 0 Å². The van der Waals surface area contributed by atoms with Gasteiger partial charge in [0, 0.05) is 0 Å². The first-order valence-corrected chi connectivity index (χ1v) is 12.7. The van der Waals surface area contributed by atoms with Gasteiger partial charge in [-0.2, -0.15) is 0 Å². The Morgan fingerprint density at radius 3 is 1.08 bits per heavy atom. The average Bonchev–Trinajstić information content (AvgIpc) is 2.10. The van der Waals surface area contributed by atoms with E-state index in [-0.39, 0.29) is 0 Å². The van der Waals surface area contributed by atoms with Crippen LogP contribution in [-0.4, -0.2) is 29.8 Å². The van der Waals surface area contributed by atoms with Gasteiger partial charge in [-0.25, -0.2) is 0 Å². The molecule has 0 N–H and O–H groups in total. The van der Waals surface area contributed by atoms with Crippen molar-refractivity contribution in [2.75, 3.05) is 0 Å². The van der Waals surface area contributed by atoms with Crippen molar-refractivity contribution in [3.63, 3.8) is 0 Å². The number of hydrogen-bond acceptors (Lipinski definition) is 0. The molecule has 0 aromatic heterocycles. The van der Waals surface area contributed by atoms with Crippen LogP contribution in [0.5, 0.6) is 0 Å². The van der Waals surface area contributed by atoms with Crippen molar-refractivity contribution in [1.29, 1.82) is 0 Å². The first-order chi connectivity index (χ1) is 5.76. The summed E-state index contributed by atoms with van der Waals surface area (Å²) in [4.78, 5) is 0. The molecule has 0 heterocycles. The summed E-state index contributed by atoms with van der Waals surface area (Å²) in [6, 6.07) is 0. The first kappa shape index (κ1) is 15.6. The average molecular weight is 291 g/mol. The van der Waals surface area contributed by atoms with Crippen LogP contribution in [0.1, 0.15) is 34.6 Å². The van der Waals surface area contributed by atoms with Crippen molar-refractivity contribution in [2.24, 2.45) is 0 Å². The normalized spacial score (nSPS) is 9.50. The van der Waals surface area contributed by atoms with Crippen molar-refractivity contribution >= 4 is 29.8 Å². The van der Waals surface area contributed by atoms with Crippen molar-refractivity contribution in [3.8, 4) is 0 Å². The fourth-order valence-corrected chi connectivity index (χ4v) is 5.20. The molecule has 0 saturated heterocycles. The van der Waals surface area contributed by atoms with Crippen LogP contribution in [0, 0.1) is 0 Å². The van der Waals surface area contributed by atoms with Crippen molar-refractivity contribution < 1.29 is 0 Å². The zero-order valence-electron chi connectivity index (χ0n) is 9.54. The fourth-order valence-electron chi connectivity index (χ4n) is 1.000. The molecule has 12 heavy (non-hydrogen) atoms. The van der Waals surface area contributed by atoms with E-state index in [0.29, 0.717) is 15.4 Å². The summed E-state index contributed by atoms with van der Waals surface area (Å²) in [7, 11) is 0. The minimum absolute atomic E-state index is 0.403. The molecular weight excluding hydrogens is 265 g/mol. The maximum atomic E-state index is 2.34. The van der Waals surface area contributed by atoms with Gasteiger partial charge in [0.2, 0.25) is 0 Å². The molecule has 0 atom stereocenters. The summed E-state index contributed by atoms with van der Waals surface area (Å²) in [5.74, 6) is 0. The second kappa shape index (κ2) is 14.6. The molecule has 2 heteroatoms. The van der Waals surface area contributed by atoms with Gasteiger partial charge in [0.05, 0.1) is 0 Å². The quantitative estimate of drug-likeness (QED) is 0.669. The van der Waals surface area contributed by atoms with E-state index in [1.165, 1.54) is 26.3 Å². The Morgan fingerprint density at radius 2 is 1.08 bits per heavy atom. The van der Waals surface area contributed by atoms with Crippen LogP contribution in [0.2, 0.25) is 26.3 Å². The molecular formula is C10H25Ge2. The van der Waals surface area contributed by atoms with Gasteiger partial charge < -0.3 is 0 Å².